The second kappa shape index (κ2) is 14.6. The van der Waals surface area contributed by atoms with Gasteiger partial charge < -0.3 is 28.6 Å². The molecule has 1 atom stereocenters. The number of pyridine rings is 1. The zero-order chi connectivity index (χ0) is 33.6. The van der Waals surface area contributed by atoms with Crippen LogP contribution in [-0.4, -0.2) is 50.3 Å². The summed E-state index contributed by atoms with van der Waals surface area (Å²) in [7, 11) is 6.50. The summed E-state index contributed by atoms with van der Waals surface area (Å²) in [5.74, 6) is 3.18. The van der Waals surface area contributed by atoms with Crippen LogP contribution in [0.5, 0.6) is 28.9 Å². The first-order chi connectivity index (χ1) is 22.6. The van der Waals surface area contributed by atoms with Gasteiger partial charge in [0.05, 0.1) is 40.2 Å². The summed E-state index contributed by atoms with van der Waals surface area (Å²) in [4.78, 5) is 20.2. The van der Waals surface area contributed by atoms with Crippen LogP contribution in [0.1, 0.15) is 61.6 Å². The van der Waals surface area contributed by atoms with Gasteiger partial charge in [-0.05, 0) is 64.9 Å². The third-order valence-corrected chi connectivity index (χ3v) is 8.49. The van der Waals surface area contributed by atoms with Crippen LogP contribution in [0.3, 0.4) is 0 Å². The monoisotopic (exact) mass is 636 g/mol. The Bertz CT molecular complexity index is 1710. The van der Waals surface area contributed by atoms with E-state index in [1.807, 2.05) is 59.5 Å². The number of rotatable bonds is 12. The SMILES string of the molecule is COc1ccc(COc2nc(/C(=C/[C@H]3CCC(=O)N3Cc3ccc(OC)cc3OC)c3ccc(C(C)(C)C)cc3)ccc2OC)cc1. The topological polar surface area (TPSA) is 79.4 Å². The fourth-order valence-corrected chi connectivity index (χ4v) is 5.68. The molecular weight excluding hydrogens is 592 g/mol. The molecular formula is C39H44N2O6. The zero-order valence-electron chi connectivity index (χ0n) is 28.3. The maximum atomic E-state index is 13.3. The van der Waals surface area contributed by atoms with Gasteiger partial charge in [-0.3, -0.25) is 4.79 Å². The number of benzene rings is 3. The van der Waals surface area contributed by atoms with E-state index in [0.29, 0.717) is 49.1 Å². The van der Waals surface area contributed by atoms with Crippen LogP contribution in [0.4, 0.5) is 0 Å². The van der Waals surface area contributed by atoms with Crippen LogP contribution >= 0.6 is 0 Å². The Morgan fingerprint density at radius 3 is 2.15 bits per heavy atom. The maximum absolute atomic E-state index is 13.3. The molecule has 0 bridgehead atoms. The van der Waals surface area contributed by atoms with Crippen LogP contribution in [-0.2, 0) is 23.4 Å². The van der Waals surface area contributed by atoms with Crippen molar-refractivity contribution in [1.29, 1.82) is 0 Å². The molecule has 2 heterocycles. The standard InChI is InChI=1S/C39H44N2O6/c1-39(2,3)29-13-10-27(11-14-29)33(22-30-15-21-37(42)41(30)24-28-12-18-32(44-5)23-36(28)46-7)34-19-20-35(45-6)38(40-34)47-25-26-8-16-31(43-4)17-9-26/h8-14,16-20,22-23,30H,15,21,24-25H2,1-7H3/b33-22+/t30-/m1/s1. The van der Waals surface area contributed by atoms with E-state index < -0.39 is 0 Å². The zero-order valence-corrected chi connectivity index (χ0v) is 28.3. The van der Waals surface area contributed by atoms with Crippen molar-refractivity contribution in [2.45, 2.75) is 58.2 Å². The first-order valence-corrected chi connectivity index (χ1v) is 15.8. The Labute approximate surface area is 277 Å². The minimum Gasteiger partial charge on any atom is -0.497 e. The second-order valence-corrected chi connectivity index (χ2v) is 12.6. The molecule has 47 heavy (non-hydrogen) atoms. The predicted octanol–water partition coefficient (Wildman–Crippen LogP) is 7.62. The molecule has 1 amide bonds. The molecule has 5 rings (SSSR count). The molecule has 0 aliphatic carbocycles. The molecule has 4 aromatic rings. The van der Waals surface area contributed by atoms with Gasteiger partial charge in [0, 0.05) is 30.2 Å². The van der Waals surface area contributed by atoms with Gasteiger partial charge in [0.25, 0.3) is 5.88 Å². The van der Waals surface area contributed by atoms with Crippen molar-refractivity contribution in [3.05, 3.63) is 113 Å². The number of nitrogens with zero attached hydrogens (tertiary/aromatic N) is 2. The summed E-state index contributed by atoms with van der Waals surface area (Å²) < 4.78 is 28.2. The lowest BCUT2D eigenvalue weighted by Gasteiger charge is -2.25. The number of likely N-dealkylation sites (tertiary alicyclic amines) is 1. The molecule has 3 aromatic carbocycles. The van der Waals surface area contributed by atoms with Gasteiger partial charge in [-0.15, -0.1) is 0 Å². The molecule has 1 fully saturated rings. The summed E-state index contributed by atoms with van der Waals surface area (Å²) >= 11 is 0. The Morgan fingerprint density at radius 2 is 1.51 bits per heavy atom. The fraction of sp³-hybridized carbons (Fsp3) is 0.333. The number of hydrogen-bond donors (Lipinski definition) is 0. The second-order valence-electron chi connectivity index (χ2n) is 12.6. The van der Waals surface area contributed by atoms with E-state index in [4.69, 9.17) is 28.7 Å². The fourth-order valence-electron chi connectivity index (χ4n) is 5.68. The molecule has 0 unspecified atom stereocenters. The van der Waals surface area contributed by atoms with Crippen molar-refractivity contribution >= 4 is 11.5 Å². The van der Waals surface area contributed by atoms with Crippen LogP contribution in [0, 0.1) is 0 Å². The molecule has 0 radical (unpaired) electrons. The number of ether oxygens (including phenoxy) is 5. The molecule has 0 spiro atoms. The number of carbonyl (C=O) groups is 1. The molecule has 8 nitrogen and oxygen atoms in total. The number of methoxy groups -OCH3 is 4. The van der Waals surface area contributed by atoms with Gasteiger partial charge >= 0.3 is 0 Å². The first-order valence-electron chi connectivity index (χ1n) is 15.8. The van der Waals surface area contributed by atoms with Crippen molar-refractivity contribution in [3.8, 4) is 28.9 Å². The minimum atomic E-state index is -0.154. The molecule has 246 valence electrons. The van der Waals surface area contributed by atoms with Crippen LogP contribution in [0.2, 0.25) is 0 Å². The Hall–Kier alpha value is -4.98. The van der Waals surface area contributed by atoms with Crippen molar-refractivity contribution in [3.63, 3.8) is 0 Å². The van der Waals surface area contributed by atoms with Gasteiger partial charge in [-0.25, -0.2) is 4.98 Å². The van der Waals surface area contributed by atoms with Crippen molar-refractivity contribution in [2.24, 2.45) is 0 Å². The van der Waals surface area contributed by atoms with E-state index >= 15 is 0 Å². The predicted molar refractivity (Wildman–Crippen MR) is 183 cm³/mol. The quantitative estimate of drug-likeness (QED) is 0.158. The summed E-state index contributed by atoms with van der Waals surface area (Å²) in [6, 6.07) is 25.6. The number of hydrogen-bond acceptors (Lipinski definition) is 7. The van der Waals surface area contributed by atoms with Gasteiger partial charge in [-0.1, -0.05) is 63.2 Å². The summed E-state index contributed by atoms with van der Waals surface area (Å²) in [6.45, 7) is 7.32. The van der Waals surface area contributed by atoms with Gasteiger partial charge in [0.1, 0.15) is 23.9 Å². The summed E-state index contributed by atoms with van der Waals surface area (Å²) in [5, 5.41) is 0. The summed E-state index contributed by atoms with van der Waals surface area (Å²) in [5.41, 5.74) is 5.76. The third-order valence-electron chi connectivity index (χ3n) is 8.49. The highest BCUT2D eigenvalue weighted by Crippen LogP contribution is 2.35. The van der Waals surface area contributed by atoms with Crippen LogP contribution in [0.15, 0.2) is 84.9 Å². The van der Waals surface area contributed by atoms with E-state index in [0.717, 1.165) is 33.7 Å². The smallest absolute Gasteiger partial charge is 0.257 e. The van der Waals surface area contributed by atoms with Crippen molar-refractivity contribution in [2.75, 3.05) is 28.4 Å². The third kappa shape index (κ3) is 7.88. The normalized spacial score (nSPS) is 15.0. The van der Waals surface area contributed by atoms with E-state index in [9.17, 15) is 4.79 Å². The highest BCUT2D eigenvalue weighted by atomic mass is 16.5. The van der Waals surface area contributed by atoms with E-state index in [1.54, 1.807) is 28.4 Å². The molecule has 1 aromatic heterocycles. The van der Waals surface area contributed by atoms with Crippen LogP contribution in [0.25, 0.3) is 5.57 Å². The van der Waals surface area contributed by atoms with Crippen molar-refractivity contribution in [1.82, 2.24) is 9.88 Å². The lowest BCUT2D eigenvalue weighted by molar-refractivity contribution is -0.129. The Kier molecular flexibility index (Phi) is 10.4. The van der Waals surface area contributed by atoms with Gasteiger partial charge in [0.2, 0.25) is 5.91 Å². The van der Waals surface area contributed by atoms with Crippen LogP contribution < -0.4 is 23.7 Å². The van der Waals surface area contributed by atoms with Gasteiger partial charge in [0.15, 0.2) is 5.75 Å². The lowest BCUT2D eigenvalue weighted by Crippen LogP contribution is -2.31. The number of carbonyl (C=O) groups excluding carboxylic acids is 1. The average molecular weight is 637 g/mol. The highest BCUT2D eigenvalue weighted by Gasteiger charge is 2.31. The van der Waals surface area contributed by atoms with E-state index in [-0.39, 0.29) is 17.4 Å². The maximum Gasteiger partial charge on any atom is 0.257 e. The summed E-state index contributed by atoms with van der Waals surface area (Å²) in [6.07, 6.45) is 3.31. The number of aromatic nitrogens is 1. The molecule has 8 heteroatoms. The van der Waals surface area contributed by atoms with E-state index in [2.05, 4.69) is 51.1 Å². The molecule has 1 aliphatic heterocycles. The first kappa shape index (κ1) is 33.4. The Balaban J connectivity index is 1.53. The Morgan fingerprint density at radius 1 is 0.830 bits per heavy atom. The van der Waals surface area contributed by atoms with Crippen molar-refractivity contribution < 1.29 is 28.5 Å². The molecule has 0 N–H and O–H groups in total. The molecule has 0 saturated carbocycles. The molecule has 1 saturated heterocycles. The van der Waals surface area contributed by atoms with Gasteiger partial charge in [-0.2, -0.15) is 0 Å². The largest absolute Gasteiger partial charge is 0.497 e. The average Bonchev–Trinajstić information content (AvgIpc) is 3.43. The highest BCUT2D eigenvalue weighted by molar-refractivity contribution is 5.83. The minimum absolute atomic E-state index is 0.00925. The lowest BCUT2D eigenvalue weighted by atomic mass is 9.86. The number of amides is 1. The molecule has 1 aliphatic rings. The van der Waals surface area contributed by atoms with E-state index in [1.165, 1.54) is 5.56 Å².